The largest absolute Gasteiger partial charge is 0.381 e. The number of amides is 1. The molecule has 0 unspecified atom stereocenters. The maximum Gasteiger partial charge on any atom is 0.252 e. The van der Waals surface area contributed by atoms with Gasteiger partial charge in [-0.2, -0.15) is 0 Å². The maximum absolute atomic E-state index is 12.3. The molecule has 2 aliphatic rings. The second-order valence-electron chi connectivity index (χ2n) is 6.87. The van der Waals surface area contributed by atoms with Crippen LogP contribution >= 0.6 is 0 Å². The van der Waals surface area contributed by atoms with E-state index in [9.17, 15) is 4.79 Å². The van der Waals surface area contributed by atoms with E-state index in [0.717, 1.165) is 56.9 Å². The molecule has 4 rings (SSSR count). The molecule has 0 aromatic carbocycles. The molecule has 25 heavy (non-hydrogen) atoms. The fraction of sp³-hybridized carbons (Fsp3) is 0.611. The third kappa shape index (κ3) is 3.67. The summed E-state index contributed by atoms with van der Waals surface area (Å²) in [5, 5.41) is 2.99. The van der Waals surface area contributed by atoms with Gasteiger partial charge < -0.3 is 19.5 Å². The minimum Gasteiger partial charge on any atom is -0.381 e. The van der Waals surface area contributed by atoms with Crippen LogP contribution in [0, 0.1) is 0 Å². The van der Waals surface area contributed by atoms with Crippen molar-refractivity contribution in [1.29, 1.82) is 0 Å². The van der Waals surface area contributed by atoms with Crippen LogP contribution in [0.15, 0.2) is 18.6 Å². The molecular formula is C18H25N5O2. The number of likely N-dealkylation sites (tertiary alicyclic amines) is 1. The van der Waals surface area contributed by atoms with Gasteiger partial charge in [0.1, 0.15) is 5.52 Å². The lowest BCUT2D eigenvalue weighted by Gasteiger charge is -2.23. The van der Waals surface area contributed by atoms with Crippen molar-refractivity contribution in [3.8, 4) is 0 Å². The van der Waals surface area contributed by atoms with Crippen LogP contribution in [0.25, 0.3) is 11.2 Å². The number of hydrogen-bond acceptors (Lipinski definition) is 5. The van der Waals surface area contributed by atoms with Crippen LogP contribution in [-0.2, 0) is 4.74 Å². The van der Waals surface area contributed by atoms with E-state index in [1.54, 1.807) is 6.20 Å². The first-order chi connectivity index (χ1) is 12.3. The highest BCUT2D eigenvalue weighted by Gasteiger charge is 2.19. The molecule has 0 spiro atoms. The Hall–Kier alpha value is -1.99. The average Bonchev–Trinajstić information content (AvgIpc) is 3.31. The smallest absolute Gasteiger partial charge is 0.252 e. The van der Waals surface area contributed by atoms with Crippen molar-refractivity contribution in [3.05, 3.63) is 24.2 Å². The predicted molar refractivity (Wildman–Crippen MR) is 94.6 cm³/mol. The van der Waals surface area contributed by atoms with Crippen LogP contribution < -0.4 is 5.32 Å². The Balaban J connectivity index is 1.41. The molecule has 2 fully saturated rings. The lowest BCUT2D eigenvalue weighted by Crippen LogP contribution is -2.33. The van der Waals surface area contributed by atoms with Gasteiger partial charge in [-0.1, -0.05) is 0 Å². The van der Waals surface area contributed by atoms with E-state index < -0.39 is 0 Å². The van der Waals surface area contributed by atoms with Gasteiger partial charge in [0.2, 0.25) is 0 Å². The number of carbonyl (C=O) groups is 1. The maximum atomic E-state index is 12.3. The third-order valence-electron chi connectivity index (χ3n) is 5.17. The van der Waals surface area contributed by atoms with Crippen molar-refractivity contribution in [2.75, 3.05) is 39.4 Å². The summed E-state index contributed by atoms with van der Waals surface area (Å²) in [5.74, 6) is -0.0748. The first kappa shape index (κ1) is 16.5. The van der Waals surface area contributed by atoms with Gasteiger partial charge in [0, 0.05) is 38.5 Å². The lowest BCUT2D eigenvalue weighted by molar-refractivity contribution is 0.0704. The van der Waals surface area contributed by atoms with E-state index in [1.807, 2.05) is 12.4 Å². The molecular weight excluding hydrogens is 318 g/mol. The molecule has 4 heterocycles. The van der Waals surface area contributed by atoms with Crippen LogP contribution in [0.3, 0.4) is 0 Å². The Labute approximate surface area is 147 Å². The zero-order valence-corrected chi connectivity index (χ0v) is 14.5. The molecule has 1 amide bonds. The summed E-state index contributed by atoms with van der Waals surface area (Å²) in [5.41, 5.74) is 2.20. The summed E-state index contributed by atoms with van der Waals surface area (Å²) < 4.78 is 7.54. The van der Waals surface area contributed by atoms with Gasteiger partial charge in [0.05, 0.1) is 11.9 Å². The SMILES string of the molecule is O=C(NCCN1CCCC1)c1cnc2c(c1)ncn2C1CCOCC1. The molecule has 2 aromatic heterocycles. The molecule has 0 radical (unpaired) electrons. The normalized spacial score (nSPS) is 19.5. The highest BCUT2D eigenvalue weighted by molar-refractivity contribution is 5.96. The Kier molecular flexibility index (Phi) is 4.94. The minimum atomic E-state index is -0.0748. The Bertz CT molecular complexity index is 732. The van der Waals surface area contributed by atoms with Crippen LogP contribution in [0.5, 0.6) is 0 Å². The quantitative estimate of drug-likeness (QED) is 0.893. The van der Waals surface area contributed by atoms with Gasteiger partial charge in [0.25, 0.3) is 5.91 Å². The number of aromatic nitrogens is 3. The number of fused-ring (bicyclic) bond motifs is 1. The zero-order chi connectivity index (χ0) is 17.1. The molecule has 2 aliphatic heterocycles. The summed E-state index contributed by atoms with van der Waals surface area (Å²) in [6.45, 7) is 5.44. The molecule has 7 heteroatoms. The monoisotopic (exact) mass is 343 g/mol. The lowest BCUT2D eigenvalue weighted by atomic mass is 10.1. The average molecular weight is 343 g/mol. The number of rotatable bonds is 5. The van der Waals surface area contributed by atoms with Gasteiger partial charge >= 0.3 is 0 Å². The van der Waals surface area contributed by atoms with E-state index in [4.69, 9.17) is 4.74 Å². The van der Waals surface area contributed by atoms with E-state index in [2.05, 4.69) is 24.8 Å². The fourth-order valence-electron chi connectivity index (χ4n) is 3.71. The predicted octanol–water partition coefficient (Wildman–Crippen LogP) is 1.61. The molecule has 1 N–H and O–H groups in total. The summed E-state index contributed by atoms with van der Waals surface area (Å²) >= 11 is 0. The van der Waals surface area contributed by atoms with Gasteiger partial charge in [0.15, 0.2) is 5.65 Å². The molecule has 7 nitrogen and oxygen atoms in total. The first-order valence-electron chi connectivity index (χ1n) is 9.22. The van der Waals surface area contributed by atoms with E-state index in [1.165, 1.54) is 12.8 Å². The highest BCUT2D eigenvalue weighted by atomic mass is 16.5. The molecule has 2 aromatic rings. The van der Waals surface area contributed by atoms with Crippen molar-refractivity contribution in [2.24, 2.45) is 0 Å². The summed E-state index contributed by atoms with van der Waals surface area (Å²) in [6, 6.07) is 2.22. The number of carbonyl (C=O) groups excluding carboxylic acids is 1. The van der Waals surface area contributed by atoms with Crippen molar-refractivity contribution >= 4 is 17.1 Å². The van der Waals surface area contributed by atoms with Gasteiger partial charge in [-0.25, -0.2) is 9.97 Å². The Morgan fingerprint density at radius 3 is 2.84 bits per heavy atom. The molecule has 2 saturated heterocycles. The topological polar surface area (TPSA) is 72.3 Å². The minimum absolute atomic E-state index is 0.0748. The van der Waals surface area contributed by atoms with Gasteiger partial charge in [-0.3, -0.25) is 4.79 Å². The summed E-state index contributed by atoms with van der Waals surface area (Å²) in [4.78, 5) is 23.7. The van der Waals surface area contributed by atoms with Gasteiger partial charge in [-0.15, -0.1) is 0 Å². The van der Waals surface area contributed by atoms with Crippen LogP contribution in [-0.4, -0.2) is 64.7 Å². The standard InChI is InChI=1S/C18H25N5O2/c24-18(19-5-8-22-6-1-2-7-22)14-11-16-17(20-12-14)23(13-21-16)15-3-9-25-10-4-15/h11-13,15H,1-10H2,(H,19,24). The number of nitrogens with zero attached hydrogens (tertiary/aromatic N) is 4. The molecule has 0 atom stereocenters. The fourth-order valence-corrected chi connectivity index (χ4v) is 3.71. The van der Waals surface area contributed by atoms with E-state index in [-0.39, 0.29) is 5.91 Å². The van der Waals surface area contributed by atoms with Crippen LogP contribution in [0.2, 0.25) is 0 Å². The number of pyridine rings is 1. The van der Waals surface area contributed by atoms with E-state index >= 15 is 0 Å². The van der Waals surface area contributed by atoms with Crippen molar-refractivity contribution in [1.82, 2.24) is 24.8 Å². The number of hydrogen-bond donors (Lipinski definition) is 1. The second-order valence-corrected chi connectivity index (χ2v) is 6.87. The molecule has 0 saturated carbocycles. The number of nitrogens with one attached hydrogen (secondary N) is 1. The van der Waals surface area contributed by atoms with E-state index in [0.29, 0.717) is 18.2 Å². The second kappa shape index (κ2) is 7.49. The Morgan fingerprint density at radius 1 is 1.24 bits per heavy atom. The zero-order valence-electron chi connectivity index (χ0n) is 14.5. The molecule has 0 aliphatic carbocycles. The molecule has 134 valence electrons. The van der Waals surface area contributed by atoms with Gasteiger partial charge in [-0.05, 0) is 44.8 Å². The third-order valence-corrected chi connectivity index (χ3v) is 5.17. The highest BCUT2D eigenvalue weighted by Crippen LogP contribution is 2.24. The first-order valence-corrected chi connectivity index (χ1v) is 9.22. The Morgan fingerprint density at radius 2 is 2.04 bits per heavy atom. The van der Waals surface area contributed by atoms with Crippen LogP contribution in [0.1, 0.15) is 42.1 Å². The molecule has 0 bridgehead atoms. The van der Waals surface area contributed by atoms with Crippen molar-refractivity contribution in [2.45, 2.75) is 31.7 Å². The van der Waals surface area contributed by atoms with Crippen molar-refractivity contribution < 1.29 is 9.53 Å². The summed E-state index contributed by atoms with van der Waals surface area (Å²) in [6.07, 6.45) is 7.99. The number of imidazole rings is 1. The van der Waals surface area contributed by atoms with Crippen LogP contribution in [0.4, 0.5) is 0 Å². The van der Waals surface area contributed by atoms with Crippen molar-refractivity contribution in [3.63, 3.8) is 0 Å². The summed E-state index contributed by atoms with van der Waals surface area (Å²) in [7, 11) is 0. The number of ether oxygens (including phenoxy) is 1.